The zero-order valence-electron chi connectivity index (χ0n) is 14.4. The van der Waals surface area contributed by atoms with Gasteiger partial charge in [-0.1, -0.05) is 30.3 Å². The van der Waals surface area contributed by atoms with Crippen LogP contribution in [0.5, 0.6) is 0 Å². The molecule has 0 N–H and O–H groups in total. The first-order valence-electron chi connectivity index (χ1n) is 9.05. The summed E-state index contributed by atoms with van der Waals surface area (Å²) in [7, 11) is 0. The van der Waals surface area contributed by atoms with Gasteiger partial charge in [-0.2, -0.15) is 5.10 Å². The van der Waals surface area contributed by atoms with Gasteiger partial charge >= 0.3 is 0 Å². The fourth-order valence-corrected chi connectivity index (χ4v) is 3.61. The molecule has 0 aliphatic carbocycles. The molecule has 4 rings (SSSR count). The third-order valence-electron chi connectivity index (χ3n) is 5.01. The van der Waals surface area contributed by atoms with Gasteiger partial charge in [0.2, 0.25) is 0 Å². The number of likely N-dealkylation sites (tertiary alicyclic amines) is 1. The van der Waals surface area contributed by atoms with E-state index in [1.165, 1.54) is 5.56 Å². The molecule has 5 heteroatoms. The van der Waals surface area contributed by atoms with Gasteiger partial charge in [-0.15, -0.1) is 0 Å². The second-order valence-electron chi connectivity index (χ2n) is 6.71. The van der Waals surface area contributed by atoms with Gasteiger partial charge in [0, 0.05) is 12.5 Å². The summed E-state index contributed by atoms with van der Waals surface area (Å²) in [6.07, 6.45) is 6.71. The minimum atomic E-state index is 0.506. The molecule has 0 bridgehead atoms. The minimum absolute atomic E-state index is 0.506. The Balaban J connectivity index is 1.33. The Hall–Kier alpha value is -2.40. The molecule has 3 heterocycles. The number of furan rings is 1. The van der Waals surface area contributed by atoms with Crippen LogP contribution in [0.25, 0.3) is 0 Å². The molecule has 2 aromatic heterocycles. The lowest BCUT2D eigenvalue weighted by atomic mass is 9.96. The highest BCUT2D eigenvalue weighted by molar-refractivity contribution is 5.14. The van der Waals surface area contributed by atoms with Crippen molar-refractivity contribution in [2.24, 2.45) is 0 Å². The second-order valence-corrected chi connectivity index (χ2v) is 6.71. The van der Waals surface area contributed by atoms with Crippen molar-refractivity contribution in [1.29, 1.82) is 0 Å². The Morgan fingerprint density at radius 1 is 1.04 bits per heavy atom. The zero-order valence-corrected chi connectivity index (χ0v) is 14.4. The summed E-state index contributed by atoms with van der Waals surface area (Å²) < 4.78 is 7.56. The standard InChI is InChI=1S/C20H24N4O/c1-2-5-17(6-3-1)8-13-24-20(21-16-22-24)18-9-11-23(12-10-18)15-19-7-4-14-25-19/h1-7,14,16,18H,8-13,15H2. The summed E-state index contributed by atoms with van der Waals surface area (Å²) in [6.45, 7) is 3.96. The number of aryl methyl sites for hydroxylation is 2. The normalized spacial score (nSPS) is 16.3. The third kappa shape index (κ3) is 3.99. The first-order valence-corrected chi connectivity index (χ1v) is 9.05. The number of piperidine rings is 1. The maximum atomic E-state index is 5.46. The van der Waals surface area contributed by atoms with Crippen LogP contribution in [0.4, 0.5) is 0 Å². The van der Waals surface area contributed by atoms with Gasteiger partial charge in [-0.25, -0.2) is 9.67 Å². The maximum Gasteiger partial charge on any atom is 0.138 e. The number of hydrogen-bond donors (Lipinski definition) is 0. The summed E-state index contributed by atoms with van der Waals surface area (Å²) in [5.41, 5.74) is 1.34. The molecule has 1 fully saturated rings. The first kappa shape index (κ1) is 16.1. The maximum absolute atomic E-state index is 5.46. The lowest BCUT2D eigenvalue weighted by molar-refractivity contribution is 0.186. The summed E-state index contributed by atoms with van der Waals surface area (Å²) >= 11 is 0. The van der Waals surface area contributed by atoms with Crippen molar-refractivity contribution in [2.75, 3.05) is 13.1 Å². The molecule has 1 saturated heterocycles. The molecule has 1 aromatic carbocycles. The van der Waals surface area contributed by atoms with Gasteiger partial charge in [0.25, 0.3) is 0 Å². The molecule has 1 aliphatic heterocycles. The Morgan fingerprint density at radius 3 is 2.64 bits per heavy atom. The van der Waals surface area contributed by atoms with Crippen molar-refractivity contribution in [3.8, 4) is 0 Å². The predicted octanol–water partition coefficient (Wildman–Crippen LogP) is 3.49. The Kier molecular flexibility index (Phi) is 4.93. The van der Waals surface area contributed by atoms with E-state index < -0.39 is 0 Å². The van der Waals surface area contributed by atoms with Crippen molar-refractivity contribution in [3.63, 3.8) is 0 Å². The number of hydrogen-bond acceptors (Lipinski definition) is 4. The van der Waals surface area contributed by atoms with Crippen LogP contribution in [0.15, 0.2) is 59.5 Å². The SMILES string of the molecule is c1ccc(CCn2ncnc2C2CCN(Cc3ccco3)CC2)cc1. The highest BCUT2D eigenvalue weighted by Crippen LogP contribution is 2.27. The van der Waals surface area contributed by atoms with E-state index in [1.54, 1.807) is 12.6 Å². The molecule has 1 aliphatic rings. The molecule has 3 aromatic rings. The third-order valence-corrected chi connectivity index (χ3v) is 5.01. The van der Waals surface area contributed by atoms with Crippen molar-refractivity contribution in [3.05, 3.63) is 72.2 Å². The average molecular weight is 336 g/mol. The molecule has 5 nitrogen and oxygen atoms in total. The molecule has 25 heavy (non-hydrogen) atoms. The van der Waals surface area contributed by atoms with Crippen LogP contribution in [0.1, 0.15) is 35.9 Å². The van der Waals surface area contributed by atoms with Gasteiger partial charge in [-0.3, -0.25) is 4.90 Å². The van der Waals surface area contributed by atoms with Crippen LogP contribution in [0, 0.1) is 0 Å². The lowest BCUT2D eigenvalue weighted by Gasteiger charge is -2.30. The first-order chi connectivity index (χ1) is 12.4. The zero-order chi connectivity index (χ0) is 16.9. The van der Waals surface area contributed by atoms with Gasteiger partial charge in [-0.05, 0) is 50.0 Å². The molecule has 0 atom stereocenters. The van der Waals surface area contributed by atoms with Gasteiger partial charge < -0.3 is 4.42 Å². The predicted molar refractivity (Wildman–Crippen MR) is 96.1 cm³/mol. The van der Waals surface area contributed by atoms with Crippen molar-refractivity contribution in [2.45, 2.75) is 38.3 Å². The largest absolute Gasteiger partial charge is 0.468 e. The fraction of sp³-hybridized carbons (Fsp3) is 0.400. The molecule has 0 saturated carbocycles. The van der Waals surface area contributed by atoms with Gasteiger partial charge in [0.1, 0.15) is 17.9 Å². The Morgan fingerprint density at radius 2 is 1.88 bits per heavy atom. The van der Waals surface area contributed by atoms with E-state index in [0.29, 0.717) is 5.92 Å². The Bertz CT molecular complexity index is 758. The lowest BCUT2D eigenvalue weighted by Crippen LogP contribution is -2.33. The molecule has 0 amide bonds. The average Bonchev–Trinajstić information content (AvgIpc) is 3.33. The van der Waals surface area contributed by atoms with E-state index in [2.05, 4.69) is 50.0 Å². The van der Waals surface area contributed by atoms with Crippen LogP contribution in [-0.4, -0.2) is 32.8 Å². The summed E-state index contributed by atoms with van der Waals surface area (Å²) in [6, 6.07) is 14.6. The van der Waals surface area contributed by atoms with E-state index in [0.717, 1.165) is 57.0 Å². The highest BCUT2D eigenvalue weighted by Gasteiger charge is 2.24. The summed E-state index contributed by atoms with van der Waals surface area (Å²) in [5, 5.41) is 4.46. The smallest absolute Gasteiger partial charge is 0.138 e. The van der Waals surface area contributed by atoms with E-state index in [1.807, 2.05) is 12.1 Å². The summed E-state index contributed by atoms with van der Waals surface area (Å²) in [5.74, 6) is 2.70. The molecule has 130 valence electrons. The van der Waals surface area contributed by atoms with Crippen LogP contribution in [0.3, 0.4) is 0 Å². The quantitative estimate of drug-likeness (QED) is 0.691. The second kappa shape index (κ2) is 7.66. The molecular weight excluding hydrogens is 312 g/mol. The number of nitrogens with zero attached hydrogens (tertiary/aromatic N) is 4. The topological polar surface area (TPSA) is 47.1 Å². The van der Waals surface area contributed by atoms with Crippen molar-refractivity contribution in [1.82, 2.24) is 19.7 Å². The van der Waals surface area contributed by atoms with Crippen molar-refractivity contribution >= 4 is 0 Å². The van der Waals surface area contributed by atoms with Crippen LogP contribution in [-0.2, 0) is 19.5 Å². The van der Waals surface area contributed by atoms with E-state index in [-0.39, 0.29) is 0 Å². The number of benzene rings is 1. The van der Waals surface area contributed by atoms with Gasteiger partial charge in [0.15, 0.2) is 0 Å². The number of aromatic nitrogens is 3. The fourth-order valence-electron chi connectivity index (χ4n) is 3.61. The van der Waals surface area contributed by atoms with Crippen LogP contribution >= 0.6 is 0 Å². The van der Waals surface area contributed by atoms with E-state index >= 15 is 0 Å². The van der Waals surface area contributed by atoms with Crippen LogP contribution < -0.4 is 0 Å². The van der Waals surface area contributed by atoms with E-state index in [9.17, 15) is 0 Å². The summed E-state index contributed by atoms with van der Waals surface area (Å²) in [4.78, 5) is 7.03. The minimum Gasteiger partial charge on any atom is -0.468 e. The van der Waals surface area contributed by atoms with E-state index in [4.69, 9.17) is 4.42 Å². The highest BCUT2D eigenvalue weighted by atomic mass is 16.3. The van der Waals surface area contributed by atoms with Gasteiger partial charge in [0.05, 0.1) is 12.8 Å². The monoisotopic (exact) mass is 336 g/mol. The molecule has 0 spiro atoms. The Labute approximate surface area is 148 Å². The molecular formula is C20H24N4O. The number of rotatable bonds is 6. The van der Waals surface area contributed by atoms with Crippen molar-refractivity contribution < 1.29 is 4.42 Å². The van der Waals surface area contributed by atoms with Crippen LogP contribution in [0.2, 0.25) is 0 Å². The molecule has 0 unspecified atom stereocenters. The molecule has 0 radical (unpaired) electrons.